The van der Waals surface area contributed by atoms with Crippen LogP contribution in [0.15, 0.2) is 30.3 Å². The molecule has 1 fully saturated rings. The molecule has 1 amide bonds. The third-order valence-corrected chi connectivity index (χ3v) is 6.44. The van der Waals surface area contributed by atoms with Gasteiger partial charge in [-0.05, 0) is 57.3 Å². The maximum atomic E-state index is 13.2. The summed E-state index contributed by atoms with van der Waals surface area (Å²) >= 11 is 1.74. The molecule has 0 radical (unpaired) electrons. The number of ether oxygens (including phenoxy) is 1. The van der Waals surface area contributed by atoms with E-state index in [2.05, 4.69) is 5.32 Å². The zero-order chi connectivity index (χ0) is 22.6. The van der Waals surface area contributed by atoms with E-state index in [4.69, 9.17) is 4.74 Å². The van der Waals surface area contributed by atoms with Crippen molar-refractivity contribution in [1.82, 2.24) is 10.2 Å². The van der Waals surface area contributed by atoms with E-state index in [0.29, 0.717) is 31.6 Å². The predicted octanol–water partition coefficient (Wildman–Crippen LogP) is 2.73. The van der Waals surface area contributed by atoms with Gasteiger partial charge in [-0.25, -0.2) is 4.79 Å². The van der Waals surface area contributed by atoms with E-state index >= 15 is 0 Å². The summed E-state index contributed by atoms with van der Waals surface area (Å²) in [4.78, 5) is 39.0. The molecule has 0 spiro atoms. The second-order valence-corrected chi connectivity index (χ2v) is 8.94. The number of carboxylic acid groups (broad SMARTS) is 1. The molecular weight excluding hydrogens is 416 g/mol. The SMILES string of the molecule is CCOC(=O)C(CCc1ccccc1)N[C@@H](C)C(=O)N1CCSCCCC[C@H]1C(=O)O. The number of amides is 1. The number of carbonyl (C=O) groups is 3. The van der Waals surface area contributed by atoms with Crippen LogP contribution in [0.3, 0.4) is 0 Å². The first kappa shape index (κ1) is 25.2. The van der Waals surface area contributed by atoms with Crippen LogP contribution in [0, 0.1) is 0 Å². The Morgan fingerprint density at radius 2 is 1.97 bits per heavy atom. The van der Waals surface area contributed by atoms with Crippen LogP contribution in [0.25, 0.3) is 0 Å². The van der Waals surface area contributed by atoms with E-state index in [0.717, 1.165) is 24.2 Å². The average molecular weight is 451 g/mol. The second kappa shape index (κ2) is 13.4. The molecule has 7 nitrogen and oxygen atoms in total. The number of thioether (sulfide) groups is 1. The summed E-state index contributed by atoms with van der Waals surface area (Å²) in [5, 5.41) is 12.8. The smallest absolute Gasteiger partial charge is 0.326 e. The van der Waals surface area contributed by atoms with Crippen LogP contribution in [0.4, 0.5) is 0 Å². The van der Waals surface area contributed by atoms with E-state index in [-0.39, 0.29) is 12.5 Å². The molecule has 1 aromatic carbocycles. The van der Waals surface area contributed by atoms with E-state index in [1.165, 1.54) is 4.90 Å². The summed E-state index contributed by atoms with van der Waals surface area (Å²) < 4.78 is 5.21. The Hall–Kier alpha value is -2.06. The highest BCUT2D eigenvalue weighted by atomic mass is 32.2. The predicted molar refractivity (Wildman–Crippen MR) is 122 cm³/mol. The van der Waals surface area contributed by atoms with Crippen molar-refractivity contribution in [3.63, 3.8) is 0 Å². The molecule has 1 aliphatic heterocycles. The molecule has 0 aliphatic carbocycles. The third-order valence-electron chi connectivity index (χ3n) is 5.39. The molecule has 1 unspecified atom stereocenters. The molecule has 2 rings (SSSR count). The number of aryl methyl sites for hydroxylation is 1. The molecule has 2 N–H and O–H groups in total. The first-order valence-electron chi connectivity index (χ1n) is 11.0. The first-order chi connectivity index (χ1) is 14.9. The van der Waals surface area contributed by atoms with Gasteiger partial charge in [-0.3, -0.25) is 14.9 Å². The summed E-state index contributed by atoms with van der Waals surface area (Å²) in [7, 11) is 0. The lowest BCUT2D eigenvalue weighted by molar-refractivity contribution is -0.152. The van der Waals surface area contributed by atoms with Crippen molar-refractivity contribution < 1.29 is 24.2 Å². The van der Waals surface area contributed by atoms with Gasteiger partial charge in [0.05, 0.1) is 12.6 Å². The highest BCUT2D eigenvalue weighted by molar-refractivity contribution is 7.99. The molecule has 0 saturated carbocycles. The van der Waals surface area contributed by atoms with Crippen LogP contribution in [-0.4, -0.2) is 70.6 Å². The van der Waals surface area contributed by atoms with Crippen molar-refractivity contribution in [3.8, 4) is 0 Å². The van der Waals surface area contributed by atoms with Crippen LogP contribution in [0.2, 0.25) is 0 Å². The van der Waals surface area contributed by atoms with Crippen molar-refractivity contribution >= 4 is 29.6 Å². The second-order valence-electron chi connectivity index (χ2n) is 7.71. The number of esters is 1. The fourth-order valence-electron chi connectivity index (χ4n) is 3.73. The summed E-state index contributed by atoms with van der Waals surface area (Å²) in [6.07, 6.45) is 3.32. The van der Waals surface area contributed by atoms with E-state index in [1.54, 1.807) is 25.6 Å². The lowest BCUT2D eigenvalue weighted by atomic mass is 10.0. The summed E-state index contributed by atoms with van der Waals surface area (Å²) in [5.74, 6) is 0.0275. The molecule has 1 aromatic rings. The Morgan fingerprint density at radius 1 is 1.23 bits per heavy atom. The Kier molecular flexibility index (Phi) is 10.9. The Bertz CT molecular complexity index is 715. The fourth-order valence-corrected chi connectivity index (χ4v) is 4.67. The lowest BCUT2D eigenvalue weighted by Gasteiger charge is -2.32. The minimum absolute atomic E-state index is 0.259. The highest BCUT2D eigenvalue weighted by Gasteiger charge is 2.34. The van der Waals surface area contributed by atoms with Gasteiger partial charge < -0.3 is 14.7 Å². The number of aliphatic carboxylic acids is 1. The average Bonchev–Trinajstić information content (AvgIpc) is 2.88. The molecule has 8 heteroatoms. The highest BCUT2D eigenvalue weighted by Crippen LogP contribution is 2.18. The summed E-state index contributed by atoms with van der Waals surface area (Å²) in [6.45, 7) is 4.09. The summed E-state index contributed by atoms with van der Waals surface area (Å²) in [6, 6.07) is 7.65. The van der Waals surface area contributed by atoms with Gasteiger partial charge in [0, 0.05) is 12.3 Å². The number of benzene rings is 1. The molecule has 1 saturated heterocycles. The minimum Gasteiger partial charge on any atom is -0.480 e. The van der Waals surface area contributed by atoms with E-state index in [9.17, 15) is 19.5 Å². The van der Waals surface area contributed by atoms with Gasteiger partial charge >= 0.3 is 11.9 Å². The molecule has 1 heterocycles. The van der Waals surface area contributed by atoms with Gasteiger partial charge in [0.25, 0.3) is 0 Å². The maximum Gasteiger partial charge on any atom is 0.326 e. The first-order valence-corrected chi connectivity index (χ1v) is 12.2. The molecule has 0 aromatic heterocycles. The number of hydrogen-bond acceptors (Lipinski definition) is 6. The lowest BCUT2D eigenvalue weighted by Crippen LogP contribution is -2.55. The quantitative estimate of drug-likeness (QED) is 0.559. The van der Waals surface area contributed by atoms with Gasteiger partial charge in [-0.15, -0.1) is 0 Å². The molecule has 172 valence electrons. The van der Waals surface area contributed by atoms with Crippen LogP contribution < -0.4 is 5.32 Å². The minimum atomic E-state index is -0.974. The largest absolute Gasteiger partial charge is 0.480 e. The van der Waals surface area contributed by atoms with Crippen LogP contribution in [0.5, 0.6) is 0 Å². The molecular formula is C23H34N2O5S. The molecule has 3 atom stereocenters. The summed E-state index contributed by atoms with van der Waals surface area (Å²) in [5.41, 5.74) is 1.10. The van der Waals surface area contributed by atoms with E-state index < -0.39 is 30.1 Å². The van der Waals surface area contributed by atoms with Gasteiger partial charge in [0.15, 0.2) is 0 Å². The number of nitrogens with one attached hydrogen (secondary N) is 1. The van der Waals surface area contributed by atoms with Crippen LogP contribution >= 0.6 is 11.8 Å². The van der Waals surface area contributed by atoms with Crippen molar-refractivity contribution in [2.45, 2.75) is 64.1 Å². The third kappa shape index (κ3) is 8.18. The fraction of sp³-hybridized carbons (Fsp3) is 0.609. The topological polar surface area (TPSA) is 95.9 Å². The van der Waals surface area contributed by atoms with E-state index in [1.807, 2.05) is 30.3 Å². The van der Waals surface area contributed by atoms with Crippen molar-refractivity contribution in [2.24, 2.45) is 0 Å². The maximum absolute atomic E-state index is 13.2. The van der Waals surface area contributed by atoms with Crippen LogP contribution in [-0.2, 0) is 25.5 Å². The molecule has 31 heavy (non-hydrogen) atoms. The number of hydrogen-bond donors (Lipinski definition) is 2. The zero-order valence-electron chi connectivity index (χ0n) is 18.4. The molecule has 0 bridgehead atoms. The number of rotatable bonds is 9. The normalized spacial score (nSPS) is 19.4. The Labute approximate surface area is 188 Å². The van der Waals surface area contributed by atoms with Gasteiger partial charge in [0.2, 0.25) is 5.91 Å². The molecule has 1 aliphatic rings. The van der Waals surface area contributed by atoms with Crippen molar-refractivity contribution in [2.75, 3.05) is 24.7 Å². The monoisotopic (exact) mass is 450 g/mol. The zero-order valence-corrected chi connectivity index (χ0v) is 19.2. The number of nitrogens with zero attached hydrogens (tertiary/aromatic N) is 1. The van der Waals surface area contributed by atoms with Gasteiger partial charge in [-0.2, -0.15) is 11.8 Å². The Morgan fingerprint density at radius 3 is 2.65 bits per heavy atom. The van der Waals surface area contributed by atoms with Crippen molar-refractivity contribution in [3.05, 3.63) is 35.9 Å². The number of carbonyl (C=O) groups excluding carboxylic acids is 2. The van der Waals surface area contributed by atoms with Crippen molar-refractivity contribution in [1.29, 1.82) is 0 Å². The van der Waals surface area contributed by atoms with Gasteiger partial charge in [-0.1, -0.05) is 30.3 Å². The van der Waals surface area contributed by atoms with Crippen LogP contribution in [0.1, 0.15) is 45.1 Å². The Balaban J connectivity index is 2.09. The van der Waals surface area contributed by atoms with Gasteiger partial charge in [0.1, 0.15) is 12.1 Å². The standard InChI is InChI=1S/C23H34N2O5S/c1-3-30-23(29)19(13-12-18-9-5-4-6-10-18)24-17(2)21(26)25-14-16-31-15-8-7-11-20(25)22(27)28/h4-6,9-10,17,19-20,24H,3,7-8,11-16H2,1-2H3,(H,27,28)/t17-,19?,20-/m0/s1. The number of carboxylic acids is 1.